The molecule has 0 aliphatic carbocycles. The summed E-state index contributed by atoms with van der Waals surface area (Å²) < 4.78 is 5.35. The minimum absolute atomic E-state index is 0.303. The molecule has 156 valence electrons. The van der Waals surface area contributed by atoms with Crippen LogP contribution in [-0.4, -0.2) is 38.8 Å². The van der Waals surface area contributed by atoms with E-state index in [4.69, 9.17) is 16.3 Å². The van der Waals surface area contributed by atoms with Crippen LogP contribution in [0.25, 0.3) is 10.9 Å². The first-order chi connectivity index (χ1) is 14.6. The fourth-order valence-electron chi connectivity index (χ4n) is 4.29. The van der Waals surface area contributed by atoms with Gasteiger partial charge in [-0.05, 0) is 26.0 Å². The molecule has 1 aromatic heterocycles. The zero-order valence-electron chi connectivity index (χ0n) is 17.5. The number of nitrogens with zero attached hydrogens (tertiary/aromatic N) is 1. The summed E-state index contributed by atoms with van der Waals surface area (Å²) in [5.41, 5.74) is 4.91. The lowest BCUT2D eigenvalue weighted by Gasteiger charge is -2.34. The molecule has 0 saturated carbocycles. The fraction of sp³-hybridized carbons (Fsp3) is 0.333. The number of anilines is 1. The SMILES string of the molecule is CCOC(=O)c1c[nH+]c2c(C)cc(Cl)cc2c1N1CC[NH+](Cc2ccccc2)CC1. The molecule has 0 radical (unpaired) electrons. The molecule has 2 aromatic carbocycles. The lowest BCUT2D eigenvalue weighted by atomic mass is 10.0. The van der Waals surface area contributed by atoms with Crippen LogP contribution in [0.5, 0.6) is 0 Å². The highest BCUT2D eigenvalue weighted by Crippen LogP contribution is 2.32. The minimum atomic E-state index is -0.303. The van der Waals surface area contributed by atoms with E-state index < -0.39 is 0 Å². The molecule has 6 heteroatoms. The van der Waals surface area contributed by atoms with Gasteiger partial charge in [-0.1, -0.05) is 41.9 Å². The number of halogens is 1. The Labute approximate surface area is 182 Å². The average molecular weight is 426 g/mol. The Morgan fingerprint density at radius 2 is 1.93 bits per heavy atom. The second-order valence-electron chi connectivity index (χ2n) is 7.82. The van der Waals surface area contributed by atoms with Crippen LogP contribution in [-0.2, 0) is 11.3 Å². The van der Waals surface area contributed by atoms with E-state index in [1.807, 2.05) is 26.0 Å². The molecule has 5 nitrogen and oxygen atoms in total. The van der Waals surface area contributed by atoms with Crippen molar-refractivity contribution in [1.82, 2.24) is 0 Å². The molecule has 0 bridgehead atoms. The van der Waals surface area contributed by atoms with Crippen molar-refractivity contribution in [3.05, 3.63) is 70.4 Å². The van der Waals surface area contributed by atoms with Gasteiger partial charge in [0.25, 0.3) is 0 Å². The van der Waals surface area contributed by atoms with E-state index in [1.165, 1.54) is 5.56 Å². The number of hydrogen-bond donors (Lipinski definition) is 1. The molecular weight excluding hydrogens is 398 g/mol. The zero-order valence-corrected chi connectivity index (χ0v) is 18.3. The van der Waals surface area contributed by atoms with Gasteiger partial charge in [0.15, 0.2) is 6.20 Å². The van der Waals surface area contributed by atoms with Gasteiger partial charge >= 0.3 is 5.97 Å². The summed E-state index contributed by atoms with van der Waals surface area (Å²) in [4.78, 5) is 19.9. The van der Waals surface area contributed by atoms with Gasteiger partial charge in [0.1, 0.15) is 12.1 Å². The van der Waals surface area contributed by atoms with Crippen molar-refractivity contribution < 1.29 is 19.4 Å². The van der Waals surface area contributed by atoms with E-state index in [0.717, 1.165) is 54.9 Å². The maximum atomic E-state index is 12.7. The van der Waals surface area contributed by atoms with Gasteiger partial charge in [-0.25, -0.2) is 9.78 Å². The van der Waals surface area contributed by atoms with Gasteiger partial charge in [-0.2, -0.15) is 0 Å². The summed E-state index contributed by atoms with van der Waals surface area (Å²) in [6, 6.07) is 14.5. The molecule has 2 heterocycles. The van der Waals surface area contributed by atoms with Crippen LogP contribution in [0.15, 0.2) is 48.7 Å². The first kappa shape index (κ1) is 20.6. The Bertz CT molecular complexity index is 1050. The molecule has 1 aliphatic rings. The number of esters is 1. The Kier molecular flexibility index (Phi) is 6.21. The first-order valence-corrected chi connectivity index (χ1v) is 10.9. The van der Waals surface area contributed by atoms with Crippen molar-refractivity contribution in [3.63, 3.8) is 0 Å². The number of carbonyl (C=O) groups is 1. The third-order valence-corrected chi connectivity index (χ3v) is 5.97. The van der Waals surface area contributed by atoms with Gasteiger partial charge in [-0.15, -0.1) is 0 Å². The summed E-state index contributed by atoms with van der Waals surface area (Å²) in [5, 5.41) is 1.64. The smallest absolute Gasteiger partial charge is 0.346 e. The molecule has 1 aliphatic heterocycles. The zero-order chi connectivity index (χ0) is 21.1. The molecule has 2 N–H and O–H groups in total. The third-order valence-electron chi connectivity index (χ3n) is 5.75. The number of piperazine rings is 1. The number of aromatic amines is 1. The van der Waals surface area contributed by atoms with E-state index in [1.54, 1.807) is 11.1 Å². The van der Waals surface area contributed by atoms with Crippen molar-refractivity contribution in [1.29, 1.82) is 0 Å². The van der Waals surface area contributed by atoms with Crippen LogP contribution < -0.4 is 14.8 Å². The number of aromatic nitrogens is 1. The number of quaternary nitrogens is 1. The van der Waals surface area contributed by atoms with Crippen molar-refractivity contribution in [2.24, 2.45) is 0 Å². The highest BCUT2D eigenvalue weighted by molar-refractivity contribution is 6.31. The van der Waals surface area contributed by atoms with Crippen LogP contribution in [0.2, 0.25) is 5.02 Å². The molecular formula is C24H28ClN3O2+2. The number of H-pyrrole nitrogens is 1. The quantitative estimate of drug-likeness (QED) is 0.639. The lowest BCUT2D eigenvalue weighted by Crippen LogP contribution is -3.13. The highest BCUT2D eigenvalue weighted by atomic mass is 35.5. The highest BCUT2D eigenvalue weighted by Gasteiger charge is 2.29. The Morgan fingerprint density at radius 1 is 1.20 bits per heavy atom. The number of rotatable bonds is 5. The summed E-state index contributed by atoms with van der Waals surface area (Å²) in [7, 11) is 0. The molecule has 0 unspecified atom stereocenters. The lowest BCUT2D eigenvalue weighted by molar-refractivity contribution is -0.914. The van der Waals surface area contributed by atoms with Gasteiger partial charge in [0.05, 0.1) is 43.9 Å². The number of carbonyl (C=O) groups excluding carboxylic acids is 1. The summed E-state index contributed by atoms with van der Waals surface area (Å²) in [6.07, 6.45) is 1.78. The van der Waals surface area contributed by atoms with Crippen LogP contribution in [0.1, 0.15) is 28.4 Å². The number of aryl methyl sites for hydroxylation is 1. The molecule has 0 atom stereocenters. The molecule has 30 heavy (non-hydrogen) atoms. The predicted molar refractivity (Wildman–Crippen MR) is 119 cm³/mol. The molecule has 3 aromatic rings. The van der Waals surface area contributed by atoms with Gasteiger partial charge < -0.3 is 14.5 Å². The van der Waals surface area contributed by atoms with Gasteiger partial charge in [0, 0.05) is 16.1 Å². The van der Waals surface area contributed by atoms with E-state index >= 15 is 0 Å². The van der Waals surface area contributed by atoms with E-state index in [0.29, 0.717) is 17.2 Å². The van der Waals surface area contributed by atoms with Crippen molar-refractivity contribution in [2.45, 2.75) is 20.4 Å². The van der Waals surface area contributed by atoms with E-state index in [-0.39, 0.29) is 5.97 Å². The molecule has 4 rings (SSSR count). The van der Waals surface area contributed by atoms with E-state index in [2.05, 4.69) is 40.2 Å². The van der Waals surface area contributed by atoms with Crippen molar-refractivity contribution in [2.75, 3.05) is 37.7 Å². The second-order valence-corrected chi connectivity index (χ2v) is 8.25. The number of benzene rings is 2. The number of fused-ring (bicyclic) bond motifs is 1. The summed E-state index contributed by atoms with van der Waals surface area (Å²) >= 11 is 6.39. The van der Waals surface area contributed by atoms with Crippen molar-refractivity contribution >= 4 is 34.2 Å². The Balaban J connectivity index is 1.65. The largest absolute Gasteiger partial charge is 0.462 e. The Hall–Kier alpha value is -2.63. The number of ether oxygens (including phenoxy) is 1. The van der Waals surface area contributed by atoms with Crippen LogP contribution in [0.3, 0.4) is 0 Å². The van der Waals surface area contributed by atoms with E-state index in [9.17, 15) is 4.79 Å². The predicted octanol–water partition coefficient (Wildman–Crippen LogP) is 2.70. The second kappa shape index (κ2) is 9.02. The molecule has 0 amide bonds. The topological polar surface area (TPSA) is 48.1 Å². The maximum Gasteiger partial charge on any atom is 0.346 e. The molecule has 1 fully saturated rings. The average Bonchev–Trinajstić information content (AvgIpc) is 2.74. The summed E-state index contributed by atoms with van der Waals surface area (Å²) in [6.45, 7) is 9.00. The number of pyridine rings is 1. The van der Waals surface area contributed by atoms with Gasteiger partial charge in [-0.3, -0.25) is 0 Å². The van der Waals surface area contributed by atoms with Crippen LogP contribution in [0.4, 0.5) is 5.69 Å². The van der Waals surface area contributed by atoms with Crippen LogP contribution in [0, 0.1) is 6.92 Å². The summed E-state index contributed by atoms with van der Waals surface area (Å²) in [5.74, 6) is -0.303. The Morgan fingerprint density at radius 3 is 2.63 bits per heavy atom. The first-order valence-electron chi connectivity index (χ1n) is 10.5. The third kappa shape index (κ3) is 4.27. The standard InChI is InChI=1S/C24H26ClN3O2/c1-3-30-24(29)21-15-26-22-17(2)13-19(25)14-20(22)23(21)28-11-9-27(10-12-28)16-18-7-5-4-6-8-18/h4-8,13-15H,3,9-12,16H2,1-2H3/p+2. The molecule has 0 spiro atoms. The number of nitrogens with one attached hydrogen (secondary N) is 2. The monoisotopic (exact) mass is 425 g/mol. The van der Waals surface area contributed by atoms with Gasteiger partial charge in [0.2, 0.25) is 5.52 Å². The van der Waals surface area contributed by atoms with Crippen LogP contribution >= 0.6 is 11.6 Å². The normalized spacial score (nSPS) is 14.8. The fourth-order valence-corrected chi connectivity index (χ4v) is 4.57. The maximum absolute atomic E-state index is 12.7. The minimum Gasteiger partial charge on any atom is -0.462 e. The van der Waals surface area contributed by atoms with Crippen molar-refractivity contribution in [3.8, 4) is 0 Å². The molecule has 1 saturated heterocycles. The number of hydrogen-bond acceptors (Lipinski definition) is 3.